The molecule has 0 bridgehead atoms. The van der Waals surface area contributed by atoms with Crippen LogP contribution < -0.4 is 9.47 Å². The highest BCUT2D eigenvalue weighted by Crippen LogP contribution is 2.36. The van der Waals surface area contributed by atoms with Gasteiger partial charge in [0, 0.05) is 12.0 Å². The number of carbonyl (C=O) groups excluding carboxylic acids is 2. The molecule has 1 aliphatic carbocycles. The number of ketones is 1. The lowest BCUT2D eigenvalue weighted by molar-refractivity contribution is 0.0600. The summed E-state index contributed by atoms with van der Waals surface area (Å²) in [6, 6.07) is 10.8. The van der Waals surface area contributed by atoms with E-state index in [9.17, 15) is 9.59 Å². The van der Waals surface area contributed by atoms with Crippen LogP contribution in [-0.2, 0) is 17.8 Å². The van der Waals surface area contributed by atoms with E-state index in [2.05, 4.69) is 6.92 Å². The van der Waals surface area contributed by atoms with Crippen LogP contribution in [0.4, 0.5) is 0 Å². The predicted molar refractivity (Wildman–Crippen MR) is 106 cm³/mol. The van der Waals surface area contributed by atoms with Gasteiger partial charge in [0.15, 0.2) is 17.3 Å². The Morgan fingerprint density at radius 2 is 1.86 bits per heavy atom. The maximum atomic E-state index is 12.1. The standard InChI is InChI=1S/C23H26O5/c1-3-4-5-11-27-21-13-17-9-10-20(24)19(17)14-22(21)28-15-16-7-6-8-18(12-16)23(25)26-2/h6-8,12-14H,3-5,9-11,15H2,1-2H3. The van der Waals surface area contributed by atoms with Crippen molar-refractivity contribution in [3.8, 4) is 11.5 Å². The van der Waals surface area contributed by atoms with E-state index in [0.717, 1.165) is 42.4 Å². The number of unbranched alkanes of at least 4 members (excludes halogenated alkanes) is 2. The van der Waals surface area contributed by atoms with Gasteiger partial charge in [0.1, 0.15) is 6.61 Å². The first-order chi connectivity index (χ1) is 13.6. The van der Waals surface area contributed by atoms with Gasteiger partial charge < -0.3 is 14.2 Å². The monoisotopic (exact) mass is 382 g/mol. The Morgan fingerprint density at radius 3 is 2.64 bits per heavy atom. The van der Waals surface area contributed by atoms with Crippen molar-refractivity contribution in [1.82, 2.24) is 0 Å². The maximum Gasteiger partial charge on any atom is 0.337 e. The molecule has 0 aromatic heterocycles. The van der Waals surface area contributed by atoms with Crippen molar-refractivity contribution in [3.05, 3.63) is 58.7 Å². The van der Waals surface area contributed by atoms with E-state index in [1.165, 1.54) is 7.11 Å². The Kier molecular flexibility index (Phi) is 6.69. The Hall–Kier alpha value is -2.82. The van der Waals surface area contributed by atoms with Crippen LogP contribution in [0, 0.1) is 0 Å². The molecule has 0 saturated heterocycles. The lowest BCUT2D eigenvalue weighted by Gasteiger charge is -2.15. The van der Waals surface area contributed by atoms with Crippen molar-refractivity contribution in [2.45, 2.75) is 45.6 Å². The molecule has 0 radical (unpaired) electrons. The number of Topliss-reactive ketones (excluding diaryl/α,β-unsaturated/α-hetero) is 1. The molecule has 2 aromatic carbocycles. The van der Waals surface area contributed by atoms with Gasteiger partial charge in [0.2, 0.25) is 0 Å². The first-order valence-corrected chi connectivity index (χ1v) is 9.75. The van der Waals surface area contributed by atoms with E-state index < -0.39 is 0 Å². The van der Waals surface area contributed by atoms with Gasteiger partial charge in [-0.1, -0.05) is 31.9 Å². The Morgan fingerprint density at radius 1 is 1.04 bits per heavy atom. The van der Waals surface area contributed by atoms with Crippen molar-refractivity contribution in [1.29, 1.82) is 0 Å². The first kappa shape index (κ1) is 19.9. The lowest BCUT2D eigenvalue weighted by atomic mass is 10.1. The van der Waals surface area contributed by atoms with E-state index in [0.29, 0.717) is 30.1 Å². The number of carbonyl (C=O) groups is 2. The van der Waals surface area contributed by atoms with E-state index in [-0.39, 0.29) is 18.4 Å². The molecule has 3 rings (SSSR count). The van der Waals surface area contributed by atoms with E-state index in [1.807, 2.05) is 12.1 Å². The molecule has 0 fully saturated rings. The highest BCUT2D eigenvalue weighted by atomic mass is 16.5. The summed E-state index contributed by atoms with van der Waals surface area (Å²) in [5.74, 6) is 0.998. The molecule has 0 amide bonds. The van der Waals surface area contributed by atoms with Gasteiger partial charge in [-0.15, -0.1) is 0 Å². The highest BCUT2D eigenvalue weighted by molar-refractivity contribution is 6.01. The van der Waals surface area contributed by atoms with Gasteiger partial charge in [0.25, 0.3) is 0 Å². The lowest BCUT2D eigenvalue weighted by Crippen LogP contribution is -2.05. The number of hydrogen-bond acceptors (Lipinski definition) is 5. The van der Waals surface area contributed by atoms with Crippen molar-refractivity contribution in [2.75, 3.05) is 13.7 Å². The van der Waals surface area contributed by atoms with Crippen LogP contribution in [0.3, 0.4) is 0 Å². The molecule has 0 heterocycles. The quantitative estimate of drug-likeness (QED) is 0.463. The molecule has 0 atom stereocenters. The van der Waals surface area contributed by atoms with Crippen molar-refractivity contribution in [2.24, 2.45) is 0 Å². The van der Waals surface area contributed by atoms with E-state index in [4.69, 9.17) is 14.2 Å². The second kappa shape index (κ2) is 9.40. The minimum Gasteiger partial charge on any atom is -0.490 e. The first-order valence-electron chi connectivity index (χ1n) is 9.75. The summed E-state index contributed by atoms with van der Waals surface area (Å²) in [5, 5.41) is 0. The summed E-state index contributed by atoms with van der Waals surface area (Å²) in [5.41, 5.74) is 3.06. The summed E-state index contributed by atoms with van der Waals surface area (Å²) in [6.07, 6.45) is 4.51. The third-order valence-electron chi connectivity index (χ3n) is 4.84. The predicted octanol–water partition coefficient (Wildman–Crippen LogP) is 4.75. The highest BCUT2D eigenvalue weighted by Gasteiger charge is 2.23. The van der Waals surface area contributed by atoms with Crippen LogP contribution in [0.1, 0.15) is 64.4 Å². The fourth-order valence-corrected chi connectivity index (χ4v) is 3.28. The zero-order chi connectivity index (χ0) is 19.9. The fourth-order valence-electron chi connectivity index (χ4n) is 3.28. The molecule has 5 nitrogen and oxygen atoms in total. The SMILES string of the molecule is CCCCCOc1cc2c(cc1OCc1cccc(C(=O)OC)c1)C(=O)CC2. The zero-order valence-corrected chi connectivity index (χ0v) is 16.5. The average Bonchev–Trinajstić information content (AvgIpc) is 3.08. The maximum absolute atomic E-state index is 12.1. The minimum atomic E-state index is -0.384. The van der Waals surface area contributed by atoms with E-state index in [1.54, 1.807) is 24.3 Å². The van der Waals surface area contributed by atoms with Crippen molar-refractivity contribution < 1.29 is 23.8 Å². The van der Waals surface area contributed by atoms with Crippen LogP contribution >= 0.6 is 0 Å². The molecular weight excluding hydrogens is 356 g/mol. The molecule has 0 N–H and O–H groups in total. The van der Waals surface area contributed by atoms with Crippen molar-refractivity contribution in [3.63, 3.8) is 0 Å². The Bertz CT molecular complexity index is 856. The summed E-state index contributed by atoms with van der Waals surface area (Å²) in [6.45, 7) is 3.04. The van der Waals surface area contributed by atoms with Crippen LogP contribution in [-0.4, -0.2) is 25.5 Å². The van der Waals surface area contributed by atoms with Crippen molar-refractivity contribution >= 4 is 11.8 Å². The fraction of sp³-hybridized carbons (Fsp3) is 0.391. The number of benzene rings is 2. The molecule has 148 valence electrons. The van der Waals surface area contributed by atoms with Crippen LogP contribution in [0.25, 0.3) is 0 Å². The molecular formula is C23H26O5. The molecule has 0 aliphatic heterocycles. The minimum absolute atomic E-state index is 0.144. The number of methoxy groups -OCH3 is 1. The van der Waals surface area contributed by atoms with Gasteiger partial charge in [-0.25, -0.2) is 4.79 Å². The Labute approximate surface area is 165 Å². The van der Waals surface area contributed by atoms with E-state index >= 15 is 0 Å². The summed E-state index contributed by atoms with van der Waals surface area (Å²) in [4.78, 5) is 23.8. The van der Waals surface area contributed by atoms with Gasteiger partial charge in [-0.2, -0.15) is 0 Å². The average molecular weight is 382 g/mol. The summed E-state index contributed by atoms with van der Waals surface area (Å²) in [7, 11) is 1.36. The zero-order valence-electron chi connectivity index (χ0n) is 16.5. The number of esters is 1. The molecule has 0 saturated carbocycles. The largest absolute Gasteiger partial charge is 0.490 e. The summed E-state index contributed by atoms with van der Waals surface area (Å²) < 4.78 is 16.7. The third-order valence-corrected chi connectivity index (χ3v) is 4.84. The molecule has 1 aliphatic rings. The molecule has 0 spiro atoms. The second-order valence-corrected chi connectivity index (χ2v) is 6.92. The smallest absolute Gasteiger partial charge is 0.337 e. The topological polar surface area (TPSA) is 61.8 Å². The van der Waals surface area contributed by atoms with Crippen LogP contribution in [0.15, 0.2) is 36.4 Å². The van der Waals surface area contributed by atoms with Crippen LogP contribution in [0.2, 0.25) is 0 Å². The normalized spacial score (nSPS) is 12.6. The summed E-state index contributed by atoms with van der Waals surface area (Å²) >= 11 is 0. The van der Waals surface area contributed by atoms with Gasteiger partial charge in [-0.05, 0) is 48.2 Å². The number of hydrogen-bond donors (Lipinski definition) is 0. The third kappa shape index (κ3) is 4.71. The number of fused-ring (bicyclic) bond motifs is 1. The van der Waals surface area contributed by atoms with Crippen LogP contribution in [0.5, 0.6) is 11.5 Å². The number of rotatable bonds is 9. The Balaban J connectivity index is 1.77. The molecule has 28 heavy (non-hydrogen) atoms. The van der Waals surface area contributed by atoms with Gasteiger partial charge in [-0.3, -0.25) is 4.79 Å². The second-order valence-electron chi connectivity index (χ2n) is 6.92. The number of aryl methyl sites for hydroxylation is 1. The van der Waals surface area contributed by atoms with Gasteiger partial charge >= 0.3 is 5.97 Å². The molecule has 5 heteroatoms. The molecule has 2 aromatic rings. The van der Waals surface area contributed by atoms with Gasteiger partial charge in [0.05, 0.1) is 19.3 Å². The molecule has 0 unspecified atom stereocenters. The number of ether oxygens (including phenoxy) is 3.